The number of hydrogen-bond acceptors (Lipinski definition) is 2. The lowest BCUT2D eigenvalue weighted by Gasteiger charge is -2.21. The highest BCUT2D eigenvalue weighted by molar-refractivity contribution is 5.91. The van der Waals surface area contributed by atoms with E-state index in [9.17, 15) is 0 Å². The largest absolute Gasteiger partial charge is 0.493 e. The average molecular weight is 1100 g/mol. The molecule has 0 N–H and O–H groups in total. The van der Waals surface area contributed by atoms with Crippen LogP contribution in [0.4, 0.5) is 0 Å². The van der Waals surface area contributed by atoms with E-state index in [-0.39, 0.29) is 21.7 Å². The van der Waals surface area contributed by atoms with Crippen molar-refractivity contribution in [2.45, 2.75) is 202 Å². The highest BCUT2D eigenvalue weighted by Crippen LogP contribution is 2.49. The summed E-state index contributed by atoms with van der Waals surface area (Å²) in [6, 6.07) is 61.1. The van der Waals surface area contributed by atoms with Gasteiger partial charge in [0.05, 0.1) is 13.2 Å². The molecule has 0 radical (unpaired) electrons. The summed E-state index contributed by atoms with van der Waals surface area (Å²) in [7, 11) is 0. The summed E-state index contributed by atoms with van der Waals surface area (Å²) in [5.41, 5.74) is 25.1. The molecule has 9 rings (SSSR count). The van der Waals surface area contributed by atoms with Gasteiger partial charge in [0.15, 0.2) is 0 Å². The molecular weight excluding hydrogens is 1000 g/mol. The van der Waals surface area contributed by atoms with Gasteiger partial charge in [-0.1, -0.05) is 258 Å². The van der Waals surface area contributed by atoms with E-state index in [2.05, 4.69) is 255 Å². The van der Waals surface area contributed by atoms with Crippen molar-refractivity contribution in [3.8, 4) is 89.4 Å². The Labute approximate surface area is 502 Å². The van der Waals surface area contributed by atoms with Gasteiger partial charge < -0.3 is 9.47 Å². The van der Waals surface area contributed by atoms with E-state index in [4.69, 9.17) is 9.47 Å². The third-order valence-corrected chi connectivity index (χ3v) is 17.4. The molecule has 0 unspecified atom stereocenters. The van der Waals surface area contributed by atoms with E-state index >= 15 is 0 Å². The molecule has 2 nitrogen and oxygen atoms in total. The van der Waals surface area contributed by atoms with Crippen molar-refractivity contribution in [2.75, 3.05) is 13.2 Å². The van der Waals surface area contributed by atoms with Crippen molar-refractivity contribution in [1.82, 2.24) is 0 Å². The summed E-state index contributed by atoms with van der Waals surface area (Å²) in [4.78, 5) is 0. The van der Waals surface area contributed by atoms with Crippen molar-refractivity contribution < 1.29 is 9.47 Å². The summed E-state index contributed by atoms with van der Waals surface area (Å²) >= 11 is 0. The van der Waals surface area contributed by atoms with Crippen molar-refractivity contribution in [2.24, 2.45) is 0 Å². The molecule has 1 aliphatic rings. The van der Waals surface area contributed by atoms with Crippen LogP contribution in [0.2, 0.25) is 0 Å². The van der Waals surface area contributed by atoms with Crippen molar-refractivity contribution in [1.29, 1.82) is 0 Å². The van der Waals surface area contributed by atoms with E-state index in [0.717, 1.165) is 41.9 Å². The molecule has 83 heavy (non-hydrogen) atoms. The summed E-state index contributed by atoms with van der Waals surface area (Å²) in [5.74, 6) is 1.90. The topological polar surface area (TPSA) is 18.5 Å². The summed E-state index contributed by atoms with van der Waals surface area (Å²) in [6.45, 7) is 33.5. The molecule has 0 atom stereocenters. The molecule has 434 valence electrons. The van der Waals surface area contributed by atoms with Crippen LogP contribution in [0, 0.1) is 0 Å². The van der Waals surface area contributed by atoms with Gasteiger partial charge in [0.25, 0.3) is 0 Å². The fourth-order valence-electron chi connectivity index (χ4n) is 12.0. The fourth-order valence-corrected chi connectivity index (χ4v) is 12.0. The van der Waals surface area contributed by atoms with Crippen molar-refractivity contribution in [3.63, 3.8) is 0 Å². The SMILES string of the molecule is CCCCCCCCOc1cc2c(cc1-c1cc(-c3ccc(C(C)(C)C)cc3)cc(-c3ccc(C(C)(C)C)cc3)c1)Cc1cc(-c3cc(-c4ccc(C(C)(C)C)cc4)cc(-c4ccc(C(C)(C)C)cc4)c3)c(OCCCCCCCC)cc1-2. The molecular formula is C81H98O2. The highest BCUT2D eigenvalue weighted by atomic mass is 16.5. The quantitative estimate of drug-likeness (QED) is 0.0630. The predicted molar refractivity (Wildman–Crippen MR) is 360 cm³/mol. The zero-order valence-electron chi connectivity index (χ0n) is 53.4. The molecule has 0 spiro atoms. The molecule has 0 fully saturated rings. The lowest BCUT2D eigenvalue weighted by molar-refractivity contribution is 0.305. The monoisotopic (exact) mass is 1100 g/mol. The van der Waals surface area contributed by atoms with E-state index in [1.807, 2.05) is 0 Å². The Balaban J connectivity index is 1.19. The average Bonchev–Trinajstić information content (AvgIpc) is 3.06. The normalized spacial score (nSPS) is 12.6. The number of benzene rings is 8. The van der Waals surface area contributed by atoms with Crippen LogP contribution in [-0.2, 0) is 28.1 Å². The van der Waals surface area contributed by atoms with Crippen LogP contribution in [-0.4, -0.2) is 13.2 Å². The third-order valence-electron chi connectivity index (χ3n) is 17.4. The van der Waals surface area contributed by atoms with Crippen LogP contribution in [0.25, 0.3) is 77.9 Å². The molecule has 2 heteroatoms. The minimum absolute atomic E-state index is 0.0664. The number of unbranched alkanes of at least 4 members (excludes halogenated alkanes) is 10. The minimum Gasteiger partial charge on any atom is -0.493 e. The molecule has 0 saturated carbocycles. The van der Waals surface area contributed by atoms with Gasteiger partial charge in [0.1, 0.15) is 11.5 Å². The van der Waals surface area contributed by atoms with Gasteiger partial charge in [-0.15, -0.1) is 0 Å². The van der Waals surface area contributed by atoms with E-state index in [1.165, 1.54) is 164 Å². The number of fused-ring (bicyclic) bond motifs is 3. The van der Waals surface area contributed by atoms with E-state index < -0.39 is 0 Å². The van der Waals surface area contributed by atoms with E-state index in [0.29, 0.717) is 13.2 Å². The Kier molecular flexibility index (Phi) is 19.2. The predicted octanol–water partition coefficient (Wildman–Crippen LogP) is 23.9. The molecule has 8 aromatic rings. The third kappa shape index (κ3) is 15.2. The van der Waals surface area contributed by atoms with E-state index in [1.54, 1.807) is 0 Å². The van der Waals surface area contributed by atoms with Gasteiger partial charge in [0, 0.05) is 11.1 Å². The highest BCUT2D eigenvalue weighted by Gasteiger charge is 2.27. The minimum atomic E-state index is 0.0664. The Morgan fingerprint density at radius 2 is 0.518 bits per heavy atom. The van der Waals surface area contributed by atoms with Gasteiger partial charge in [0.2, 0.25) is 0 Å². The second-order valence-electron chi connectivity index (χ2n) is 28.3. The molecule has 0 heterocycles. The van der Waals surface area contributed by atoms with Crippen LogP contribution in [0.1, 0.15) is 207 Å². The molecule has 0 aromatic heterocycles. The molecule has 0 saturated heterocycles. The van der Waals surface area contributed by atoms with Crippen molar-refractivity contribution >= 4 is 0 Å². The zero-order valence-corrected chi connectivity index (χ0v) is 53.4. The lowest BCUT2D eigenvalue weighted by atomic mass is 9.85. The first kappa shape index (κ1) is 60.9. The van der Waals surface area contributed by atoms with Crippen LogP contribution in [0.5, 0.6) is 11.5 Å². The van der Waals surface area contributed by atoms with Crippen LogP contribution in [0.3, 0.4) is 0 Å². The molecule has 0 amide bonds. The number of rotatable bonds is 22. The maximum atomic E-state index is 7.11. The molecule has 8 aromatic carbocycles. The van der Waals surface area contributed by atoms with Crippen LogP contribution in [0.15, 0.2) is 158 Å². The Morgan fingerprint density at radius 3 is 0.783 bits per heavy atom. The van der Waals surface area contributed by atoms with Crippen LogP contribution < -0.4 is 9.47 Å². The summed E-state index contributed by atoms with van der Waals surface area (Å²) in [5, 5.41) is 0. The second-order valence-corrected chi connectivity index (χ2v) is 28.3. The summed E-state index contributed by atoms with van der Waals surface area (Å²) in [6.07, 6.45) is 15.4. The van der Waals surface area contributed by atoms with Gasteiger partial charge in [-0.05, 0) is 202 Å². The smallest absolute Gasteiger partial charge is 0.127 e. The maximum Gasteiger partial charge on any atom is 0.127 e. The number of ether oxygens (including phenoxy) is 2. The Hall–Kier alpha value is -6.64. The number of hydrogen-bond donors (Lipinski definition) is 0. The fraction of sp³-hybridized carbons (Fsp3) is 0.407. The molecule has 0 bridgehead atoms. The van der Waals surface area contributed by atoms with Gasteiger partial charge in [-0.3, -0.25) is 0 Å². The Bertz CT molecular complexity index is 3050. The first-order valence-corrected chi connectivity index (χ1v) is 31.9. The van der Waals surface area contributed by atoms with Gasteiger partial charge in [-0.2, -0.15) is 0 Å². The van der Waals surface area contributed by atoms with Gasteiger partial charge in [-0.25, -0.2) is 0 Å². The maximum absolute atomic E-state index is 7.11. The summed E-state index contributed by atoms with van der Waals surface area (Å²) < 4.78 is 14.2. The second kappa shape index (κ2) is 26.1. The standard InChI is InChI=1S/C81H98O2/c1-15-17-19-21-23-25-43-82-76-54-72-66(52-74(76)64-47-60(56-27-35-68(36-28-56)78(3,4)5)45-61(48-64)57-29-37-69(38-30-57)79(6,7)8)51-67-53-75(77(55-73(67)72)83-44-26-24-22-20-18-16-2)65-49-62(58-31-39-70(40-32-58)80(9,10)11)46-63(50-65)59-33-41-71(42-34-59)81(12,13)14/h27-42,45-50,52-55H,15-26,43-44,51H2,1-14H3. The molecule has 1 aliphatic carbocycles. The van der Waals surface area contributed by atoms with Crippen molar-refractivity contribution in [3.05, 3.63) is 191 Å². The van der Waals surface area contributed by atoms with Crippen LogP contribution >= 0.6 is 0 Å². The first-order chi connectivity index (χ1) is 39.6. The first-order valence-electron chi connectivity index (χ1n) is 31.9. The Morgan fingerprint density at radius 1 is 0.265 bits per heavy atom. The lowest BCUT2D eigenvalue weighted by Crippen LogP contribution is -2.10. The molecule has 0 aliphatic heterocycles. The van der Waals surface area contributed by atoms with Gasteiger partial charge >= 0.3 is 0 Å². The zero-order chi connectivity index (χ0) is 59.1.